The Labute approximate surface area is 82.1 Å². The van der Waals surface area contributed by atoms with Crippen molar-refractivity contribution in [3.05, 3.63) is 17.5 Å². The lowest BCUT2D eigenvalue weighted by Crippen LogP contribution is -2.41. The van der Waals surface area contributed by atoms with E-state index in [9.17, 15) is 9.90 Å². The molecule has 1 aromatic rings. The van der Waals surface area contributed by atoms with Gasteiger partial charge in [0, 0.05) is 6.07 Å². The fraction of sp³-hybridized carbons (Fsp3) is 0.556. The Balaban J connectivity index is 2.46. The number of nitrogens with one attached hydrogen (secondary N) is 1. The molecule has 1 amide bonds. The summed E-state index contributed by atoms with van der Waals surface area (Å²) in [6.07, 6.45) is 0. The number of hydrogen-bond acceptors (Lipinski definition) is 4. The SMILES string of the molecule is Cc1cc(CNC(=O)C(C)(C)O)no1. The molecular weight excluding hydrogens is 184 g/mol. The van der Waals surface area contributed by atoms with Crippen molar-refractivity contribution in [2.45, 2.75) is 32.9 Å². The van der Waals surface area contributed by atoms with E-state index in [1.807, 2.05) is 0 Å². The van der Waals surface area contributed by atoms with E-state index in [0.717, 1.165) is 0 Å². The van der Waals surface area contributed by atoms with Crippen LogP contribution in [0.2, 0.25) is 0 Å². The van der Waals surface area contributed by atoms with Crippen LogP contribution in [0.25, 0.3) is 0 Å². The van der Waals surface area contributed by atoms with Crippen LogP contribution >= 0.6 is 0 Å². The van der Waals surface area contributed by atoms with E-state index in [1.54, 1.807) is 13.0 Å². The number of hydrogen-bond donors (Lipinski definition) is 2. The van der Waals surface area contributed by atoms with Crippen LogP contribution in [0.4, 0.5) is 0 Å². The van der Waals surface area contributed by atoms with E-state index in [4.69, 9.17) is 4.52 Å². The highest BCUT2D eigenvalue weighted by molar-refractivity contribution is 5.83. The Morgan fingerprint density at radius 1 is 1.71 bits per heavy atom. The topological polar surface area (TPSA) is 75.4 Å². The molecule has 0 saturated carbocycles. The second-order valence-electron chi connectivity index (χ2n) is 3.67. The van der Waals surface area contributed by atoms with E-state index < -0.39 is 11.5 Å². The molecule has 2 N–H and O–H groups in total. The molecule has 0 aliphatic rings. The third-order valence-electron chi connectivity index (χ3n) is 1.66. The quantitative estimate of drug-likeness (QED) is 0.735. The molecule has 0 aliphatic heterocycles. The highest BCUT2D eigenvalue weighted by atomic mass is 16.5. The summed E-state index contributed by atoms with van der Waals surface area (Å²) in [6, 6.07) is 1.73. The van der Waals surface area contributed by atoms with Crippen LogP contribution in [0.3, 0.4) is 0 Å². The monoisotopic (exact) mass is 198 g/mol. The lowest BCUT2D eigenvalue weighted by atomic mass is 10.1. The Morgan fingerprint density at radius 3 is 2.79 bits per heavy atom. The molecule has 0 radical (unpaired) electrons. The van der Waals surface area contributed by atoms with Crippen LogP contribution in [0.5, 0.6) is 0 Å². The van der Waals surface area contributed by atoms with Gasteiger partial charge in [0.25, 0.3) is 5.91 Å². The van der Waals surface area contributed by atoms with Crippen molar-refractivity contribution in [3.8, 4) is 0 Å². The molecule has 0 atom stereocenters. The van der Waals surface area contributed by atoms with Gasteiger partial charge in [0.15, 0.2) is 0 Å². The minimum absolute atomic E-state index is 0.264. The highest BCUT2D eigenvalue weighted by Crippen LogP contribution is 2.03. The van der Waals surface area contributed by atoms with E-state index >= 15 is 0 Å². The molecular formula is C9H14N2O3. The summed E-state index contributed by atoms with van der Waals surface area (Å²) in [5, 5.41) is 15.6. The molecule has 0 unspecified atom stereocenters. The Bertz CT molecular complexity index is 325. The highest BCUT2D eigenvalue weighted by Gasteiger charge is 2.23. The third-order valence-corrected chi connectivity index (χ3v) is 1.66. The summed E-state index contributed by atoms with van der Waals surface area (Å²) in [4.78, 5) is 11.2. The summed E-state index contributed by atoms with van der Waals surface area (Å²) in [6.45, 7) is 4.89. The van der Waals surface area contributed by atoms with Gasteiger partial charge in [-0.2, -0.15) is 0 Å². The van der Waals surface area contributed by atoms with Gasteiger partial charge in [0.05, 0.1) is 6.54 Å². The van der Waals surface area contributed by atoms with Gasteiger partial charge in [-0.25, -0.2) is 0 Å². The van der Waals surface area contributed by atoms with Crippen LogP contribution in [0, 0.1) is 6.92 Å². The summed E-state index contributed by atoms with van der Waals surface area (Å²) < 4.78 is 4.82. The van der Waals surface area contributed by atoms with E-state index in [-0.39, 0.29) is 6.54 Å². The predicted octanol–water partition coefficient (Wildman–Crippen LogP) is 0.370. The predicted molar refractivity (Wildman–Crippen MR) is 49.4 cm³/mol. The van der Waals surface area contributed by atoms with Crippen LogP contribution < -0.4 is 5.32 Å². The number of nitrogens with zero attached hydrogens (tertiary/aromatic N) is 1. The summed E-state index contributed by atoms with van der Waals surface area (Å²) in [5.41, 5.74) is -0.723. The standard InChI is InChI=1S/C9H14N2O3/c1-6-4-7(11-14-6)5-10-8(12)9(2,3)13/h4,13H,5H2,1-3H3,(H,10,12). The number of aromatic nitrogens is 1. The Hall–Kier alpha value is -1.36. The van der Waals surface area contributed by atoms with Crippen LogP contribution in [0.1, 0.15) is 25.3 Å². The van der Waals surface area contributed by atoms with E-state index in [1.165, 1.54) is 13.8 Å². The summed E-state index contributed by atoms with van der Waals surface area (Å²) in [7, 11) is 0. The van der Waals surface area contributed by atoms with Gasteiger partial charge in [-0.15, -0.1) is 0 Å². The molecule has 0 spiro atoms. The Kier molecular flexibility index (Phi) is 2.90. The van der Waals surface area contributed by atoms with Gasteiger partial charge in [0.2, 0.25) is 0 Å². The van der Waals surface area contributed by atoms with Crippen molar-refractivity contribution >= 4 is 5.91 Å². The average molecular weight is 198 g/mol. The van der Waals surface area contributed by atoms with Gasteiger partial charge in [-0.3, -0.25) is 4.79 Å². The molecule has 5 heteroatoms. The second kappa shape index (κ2) is 3.79. The molecule has 0 bridgehead atoms. The van der Waals surface area contributed by atoms with Gasteiger partial charge >= 0.3 is 0 Å². The molecule has 78 valence electrons. The largest absolute Gasteiger partial charge is 0.381 e. The van der Waals surface area contributed by atoms with E-state index in [0.29, 0.717) is 11.5 Å². The maximum Gasteiger partial charge on any atom is 0.251 e. The van der Waals surface area contributed by atoms with Crippen molar-refractivity contribution in [2.75, 3.05) is 0 Å². The molecule has 14 heavy (non-hydrogen) atoms. The zero-order valence-corrected chi connectivity index (χ0v) is 8.50. The lowest BCUT2D eigenvalue weighted by molar-refractivity contribution is -0.136. The molecule has 0 aliphatic carbocycles. The first-order valence-corrected chi connectivity index (χ1v) is 4.32. The first-order chi connectivity index (χ1) is 6.39. The second-order valence-corrected chi connectivity index (χ2v) is 3.67. The van der Waals surface area contributed by atoms with E-state index in [2.05, 4.69) is 10.5 Å². The van der Waals surface area contributed by atoms with Gasteiger partial charge < -0.3 is 14.9 Å². The fourth-order valence-corrected chi connectivity index (χ4v) is 0.888. The first kappa shape index (κ1) is 10.7. The number of aryl methyl sites for hydroxylation is 1. The van der Waals surface area contributed by atoms with Crippen molar-refractivity contribution in [2.24, 2.45) is 0 Å². The van der Waals surface area contributed by atoms with Crippen molar-refractivity contribution in [3.63, 3.8) is 0 Å². The minimum Gasteiger partial charge on any atom is -0.381 e. The van der Waals surface area contributed by atoms with Gasteiger partial charge in [-0.1, -0.05) is 5.16 Å². The number of aliphatic hydroxyl groups is 1. The molecule has 5 nitrogen and oxygen atoms in total. The molecule has 0 aromatic carbocycles. The number of carbonyl (C=O) groups excluding carboxylic acids is 1. The zero-order valence-electron chi connectivity index (χ0n) is 8.50. The normalized spacial score (nSPS) is 11.4. The van der Waals surface area contributed by atoms with Gasteiger partial charge in [0.1, 0.15) is 17.1 Å². The van der Waals surface area contributed by atoms with Crippen molar-refractivity contribution in [1.29, 1.82) is 0 Å². The van der Waals surface area contributed by atoms with Crippen molar-refractivity contribution in [1.82, 2.24) is 10.5 Å². The first-order valence-electron chi connectivity index (χ1n) is 4.32. The third kappa shape index (κ3) is 2.85. The number of amides is 1. The average Bonchev–Trinajstić information content (AvgIpc) is 2.45. The lowest BCUT2D eigenvalue weighted by Gasteiger charge is -2.15. The number of rotatable bonds is 3. The Morgan fingerprint density at radius 2 is 2.36 bits per heavy atom. The number of carbonyl (C=O) groups is 1. The van der Waals surface area contributed by atoms with Crippen LogP contribution in [0.15, 0.2) is 10.6 Å². The molecule has 0 saturated heterocycles. The minimum atomic E-state index is -1.36. The zero-order chi connectivity index (χ0) is 10.8. The summed E-state index contributed by atoms with van der Waals surface area (Å²) in [5.74, 6) is 0.260. The molecule has 1 heterocycles. The van der Waals surface area contributed by atoms with Crippen molar-refractivity contribution < 1.29 is 14.4 Å². The summed E-state index contributed by atoms with van der Waals surface area (Å²) >= 11 is 0. The maximum absolute atomic E-state index is 11.2. The maximum atomic E-state index is 11.2. The van der Waals surface area contributed by atoms with Gasteiger partial charge in [-0.05, 0) is 20.8 Å². The molecule has 0 fully saturated rings. The molecule has 1 rings (SSSR count). The van der Waals surface area contributed by atoms with Crippen LogP contribution in [-0.4, -0.2) is 21.8 Å². The van der Waals surface area contributed by atoms with Crippen LogP contribution in [-0.2, 0) is 11.3 Å². The smallest absolute Gasteiger partial charge is 0.251 e. The molecule has 1 aromatic heterocycles. The fourth-order valence-electron chi connectivity index (χ4n) is 0.888.